The molecule has 0 spiro atoms. The molecule has 1 unspecified atom stereocenters. The van der Waals surface area contributed by atoms with Crippen molar-refractivity contribution in [2.45, 2.75) is 6.10 Å². The van der Waals surface area contributed by atoms with Crippen LogP contribution in [0, 0.1) is 0 Å². The van der Waals surface area contributed by atoms with Gasteiger partial charge in [-0.2, -0.15) is 0 Å². The smallest absolute Gasteiger partial charge is 0.130 e. The van der Waals surface area contributed by atoms with Gasteiger partial charge in [-0.05, 0) is 23.8 Å². The standard InChI is InChI=1S/C21H20N4O/c1-25-10-9-17-11-16(7-8-19(17)25)18-12-21(24-14-23-18)22-13-20(26)15-5-3-2-4-6-15/h2-12,14,20,26H,13H2,1H3,(H,22,23,24). The number of aryl methyl sites for hydroxylation is 1. The molecule has 5 heteroatoms. The minimum atomic E-state index is -0.588. The predicted molar refractivity (Wildman–Crippen MR) is 104 cm³/mol. The third-order valence-electron chi connectivity index (χ3n) is 4.51. The van der Waals surface area contributed by atoms with Gasteiger partial charge in [0, 0.05) is 42.3 Å². The first-order valence-corrected chi connectivity index (χ1v) is 8.55. The molecule has 5 nitrogen and oxygen atoms in total. The van der Waals surface area contributed by atoms with Gasteiger partial charge in [0.15, 0.2) is 0 Å². The first-order chi connectivity index (χ1) is 12.7. The predicted octanol–water partition coefficient (Wildman–Crippen LogP) is 3.78. The van der Waals surface area contributed by atoms with Crippen molar-refractivity contribution in [1.29, 1.82) is 0 Å². The summed E-state index contributed by atoms with van der Waals surface area (Å²) in [6, 6.07) is 19.9. The second-order valence-electron chi connectivity index (χ2n) is 6.30. The van der Waals surface area contributed by atoms with Gasteiger partial charge in [0.05, 0.1) is 11.8 Å². The molecular formula is C21H20N4O. The average Bonchev–Trinajstić information content (AvgIpc) is 3.07. The van der Waals surface area contributed by atoms with Crippen molar-refractivity contribution >= 4 is 16.7 Å². The molecule has 2 N–H and O–H groups in total. The maximum absolute atomic E-state index is 10.3. The van der Waals surface area contributed by atoms with Gasteiger partial charge in [-0.15, -0.1) is 0 Å². The van der Waals surface area contributed by atoms with E-state index in [9.17, 15) is 5.11 Å². The Morgan fingerprint density at radius 1 is 1.04 bits per heavy atom. The molecule has 4 aromatic rings. The monoisotopic (exact) mass is 344 g/mol. The Kier molecular flexibility index (Phi) is 4.37. The second kappa shape index (κ2) is 6.98. The lowest BCUT2D eigenvalue weighted by Gasteiger charge is -2.13. The van der Waals surface area contributed by atoms with E-state index in [0.29, 0.717) is 12.4 Å². The maximum atomic E-state index is 10.3. The lowest BCUT2D eigenvalue weighted by atomic mass is 10.1. The molecule has 0 aliphatic carbocycles. The third kappa shape index (κ3) is 3.30. The lowest BCUT2D eigenvalue weighted by Crippen LogP contribution is -2.13. The molecule has 0 saturated carbocycles. The first kappa shape index (κ1) is 16.3. The number of anilines is 1. The van der Waals surface area contributed by atoms with E-state index in [1.165, 1.54) is 10.9 Å². The quantitative estimate of drug-likeness (QED) is 0.578. The van der Waals surface area contributed by atoms with Crippen LogP contribution in [0.3, 0.4) is 0 Å². The van der Waals surface area contributed by atoms with Crippen molar-refractivity contribution < 1.29 is 5.11 Å². The van der Waals surface area contributed by atoms with Gasteiger partial charge < -0.3 is 15.0 Å². The number of nitrogens with zero attached hydrogens (tertiary/aromatic N) is 3. The van der Waals surface area contributed by atoms with Crippen molar-refractivity contribution in [3.8, 4) is 11.3 Å². The van der Waals surface area contributed by atoms with Crippen LogP contribution in [0.2, 0.25) is 0 Å². The summed E-state index contributed by atoms with van der Waals surface area (Å²) in [7, 11) is 2.03. The van der Waals surface area contributed by atoms with Gasteiger partial charge in [-0.3, -0.25) is 0 Å². The summed E-state index contributed by atoms with van der Waals surface area (Å²) in [5.74, 6) is 0.693. The van der Waals surface area contributed by atoms with Crippen LogP contribution in [0.1, 0.15) is 11.7 Å². The zero-order valence-corrected chi connectivity index (χ0v) is 14.5. The van der Waals surface area contributed by atoms with Crippen molar-refractivity contribution in [3.63, 3.8) is 0 Å². The summed E-state index contributed by atoms with van der Waals surface area (Å²) in [5.41, 5.74) is 3.95. The van der Waals surface area contributed by atoms with Crippen LogP contribution < -0.4 is 5.32 Å². The van der Waals surface area contributed by atoms with Crippen LogP contribution in [-0.2, 0) is 7.05 Å². The van der Waals surface area contributed by atoms with Crippen LogP contribution >= 0.6 is 0 Å². The normalized spacial score (nSPS) is 12.2. The topological polar surface area (TPSA) is 63.0 Å². The molecule has 26 heavy (non-hydrogen) atoms. The van der Waals surface area contributed by atoms with Crippen molar-refractivity contribution in [1.82, 2.24) is 14.5 Å². The summed E-state index contributed by atoms with van der Waals surface area (Å²) in [4.78, 5) is 8.65. The number of rotatable bonds is 5. The molecule has 0 bridgehead atoms. The Hall–Kier alpha value is -3.18. The number of fused-ring (bicyclic) bond motifs is 1. The molecule has 0 fully saturated rings. The van der Waals surface area contributed by atoms with Crippen LogP contribution in [0.5, 0.6) is 0 Å². The molecule has 4 rings (SSSR count). The van der Waals surface area contributed by atoms with Gasteiger partial charge in [-0.1, -0.05) is 36.4 Å². The highest BCUT2D eigenvalue weighted by atomic mass is 16.3. The molecule has 2 aromatic heterocycles. The highest BCUT2D eigenvalue weighted by molar-refractivity contribution is 5.85. The van der Waals surface area contributed by atoms with E-state index in [1.54, 1.807) is 6.33 Å². The van der Waals surface area contributed by atoms with Gasteiger partial charge in [-0.25, -0.2) is 9.97 Å². The lowest BCUT2D eigenvalue weighted by molar-refractivity contribution is 0.191. The van der Waals surface area contributed by atoms with Gasteiger partial charge in [0.1, 0.15) is 12.1 Å². The van der Waals surface area contributed by atoms with Gasteiger partial charge in [0.2, 0.25) is 0 Å². The summed E-state index contributed by atoms with van der Waals surface area (Å²) in [5, 5.41) is 14.6. The van der Waals surface area contributed by atoms with E-state index in [0.717, 1.165) is 16.8 Å². The fourth-order valence-corrected chi connectivity index (χ4v) is 3.05. The van der Waals surface area contributed by atoms with Gasteiger partial charge >= 0.3 is 0 Å². The molecule has 0 saturated heterocycles. The summed E-state index contributed by atoms with van der Waals surface area (Å²) >= 11 is 0. The fourth-order valence-electron chi connectivity index (χ4n) is 3.05. The molecule has 130 valence electrons. The van der Waals surface area contributed by atoms with Crippen LogP contribution in [0.25, 0.3) is 22.2 Å². The van der Waals surface area contributed by atoms with E-state index >= 15 is 0 Å². The molecule has 0 amide bonds. The minimum Gasteiger partial charge on any atom is -0.387 e. The maximum Gasteiger partial charge on any atom is 0.130 e. The summed E-state index contributed by atoms with van der Waals surface area (Å²) < 4.78 is 2.09. The number of aliphatic hydroxyl groups is 1. The van der Waals surface area contributed by atoms with Crippen LogP contribution in [0.4, 0.5) is 5.82 Å². The Balaban J connectivity index is 1.52. The number of aromatic nitrogens is 3. The number of hydrogen-bond donors (Lipinski definition) is 2. The van der Waals surface area contributed by atoms with Crippen LogP contribution in [-0.4, -0.2) is 26.2 Å². The van der Waals surface area contributed by atoms with E-state index < -0.39 is 6.10 Å². The van der Waals surface area contributed by atoms with E-state index in [-0.39, 0.29) is 0 Å². The van der Waals surface area contributed by atoms with Crippen molar-refractivity contribution in [2.24, 2.45) is 7.05 Å². The summed E-state index contributed by atoms with van der Waals surface area (Å²) in [6.45, 7) is 0.387. The zero-order valence-electron chi connectivity index (χ0n) is 14.5. The van der Waals surface area contributed by atoms with Crippen molar-refractivity contribution in [2.75, 3.05) is 11.9 Å². The first-order valence-electron chi connectivity index (χ1n) is 8.55. The Bertz CT molecular complexity index is 1030. The third-order valence-corrected chi connectivity index (χ3v) is 4.51. The zero-order chi connectivity index (χ0) is 17.9. The Morgan fingerprint density at radius 2 is 1.88 bits per heavy atom. The van der Waals surface area contributed by atoms with Crippen LogP contribution in [0.15, 0.2) is 73.2 Å². The second-order valence-corrected chi connectivity index (χ2v) is 6.30. The van der Waals surface area contributed by atoms with Crippen molar-refractivity contribution in [3.05, 3.63) is 78.8 Å². The van der Waals surface area contributed by atoms with E-state index in [1.807, 2.05) is 49.6 Å². The van der Waals surface area contributed by atoms with Gasteiger partial charge in [0.25, 0.3) is 0 Å². The van der Waals surface area contributed by atoms with E-state index in [4.69, 9.17) is 0 Å². The summed E-state index contributed by atoms with van der Waals surface area (Å²) in [6.07, 6.45) is 3.00. The highest BCUT2D eigenvalue weighted by Gasteiger charge is 2.08. The minimum absolute atomic E-state index is 0.387. The fraction of sp³-hybridized carbons (Fsp3) is 0.143. The number of nitrogens with one attached hydrogen (secondary N) is 1. The molecule has 0 aliphatic rings. The number of aliphatic hydroxyl groups excluding tert-OH is 1. The molecule has 1 atom stereocenters. The number of hydrogen-bond acceptors (Lipinski definition) is 4. The molecule has 0 radical (unpaired) electrons. The Morgan fingerprint density at radius 3 is 2.73 bits per heavy atom. The molecular weight excluding hydrogens is 324 g/mol. The molecule has 2 aromatic carbocycles. The largest absolute Gasteiger partial charge is 0.387 e. The number of benzene rings is 2. The van der Waals surface area contributed by atoms with E-state index in [2.05, 4.69) is 44.1 Å². The highest BCUT2D eigenvalue weighted by Crippen LogP contribution is 2.24. The SMILES string of the molecule is Cn1ccc2cc(-c3cc(NCC(O)c4ccccc4)ncn3)ccc21. The molecule has 2 heterocycles. The Labute approximate surface area is 152 Å². The molecule has 0 aliphatic heterocycles. The average molecular weight is 344 g/mol.